The van der Waals surface area contributed by atoms with Crippen molar-refractivity contribution in [2.24, 2.45) is 0 Å². The van der Waals surface area contributed by atoms with Crippen LogP contribution in [0.5, 0.6) is 0 Å². The molecule has 3 heteroatoms. The van der Waals surface area contributed by atoms with Gasteiger partial charge in [0.15, 0.2) is 0 Å². The molecule has 1 aliphatic carbocycles. The number of hydrogen-bond donors (Lipinski definition) is 0. The molecule has 1 aliphatic rings. The third-order valence-electron chi connectivity index (χ3n) is 3.47. The molecular weight excluding hydrogens is 216 g/mol. The van der Waals surface area contributed by atoms with Crippen molar-refractivity contribution in [1.29, 1.82) is 0 Å². The van der Waals surface area contributed by atoms with Crippen molar-refractivity contribution in [3.8, 4) is 0 Å². The van der Waals surface area contributed by atoms with Gasteiger partial charge in [0, 0.05) is 6.61 Å². The molecule has 1 fully saturated rings. The lowest BCUT2D eigenvalue weighted by atomic mass is 9.95. The van der Waals surface area contributed by atoms with E-state index in [1.165, 1.54) is 32.1 Å². The first kappa shape index (κ1) is 14.5. The summed E-state index contributed by atoms with van der Waals surface area (Å²) >= 11 is 0. The van der Waals surface area contributed by atoms with Gasteiger partial charge >= 0.3 is 0 Å². The number of carbonyl (C=O) groups is 1. The van der Waals surface area contributed by atoms with Crippen LogP contribution in [0.4, 0.5) is 0 Å². The van der Waals surface area contributed by atoms with Crippen molar-refractivity contribution in [3.05, 3.63) is 0 Å². The predicted octanol–water partition coefficient (Wildman–Crippen LogP) is 3.46. The molecule has 0 aromatic heterocycles. The van der Waals surface area contributed by atoms with Gasteiger partial charge in [-0.2, -0.15) is 0 Å². The highest BCUT2D eigenvalue weighted by Gasteiger charge is 2.21. The van der Waals surface area contributed by atoms with Crippen LogP contribution in [0.15, 0.2) is 0 Å². The van der Waals surface area contributed by atoms with E-state index in [4.69, 9.17) is 9.47 Å². The predicted molar refractivity (Wildman–Crippen MR) is 67.9 cm³/mol. The zero-order valence-electron chi connectivity index (χ0n) is 11.0. The van der Waals surface area contributed by atoms with Crippen molar-refractivity contribution < 1.29 is 14.3 Å². The molecule has 0 aliphatic heterocycles. The van der Waals surface area contributed by atoms with Gasteiger partial charge in [-0.3, -0.25) is 4.79 Å². The molecule has 17 heavy (non-hydrogen) atoms. The molecule has 0 saturated heterocycles. The summed E-state index contributed by atoms with van der Waals surface area (Å²) in [4.78, 5) is 10.2. The Labute approximate surface area is 105 Å². The maximum atomic E-state index is 10.2. The summed E-state index contributed by atoms with van der Waals surface area (Å²) in [5.41, 5.74) is 0. The van der Waals surface area contributed by atoms with E-state index in [-0.39, 0.29) is 6.10 Å². The zero-order chi connectivity index (χ0) is 12.3. The maximum Gasteiger partial charge on any atom is 0.293 e. The van der Waals surface area contributed by atoms with Crippen LogP contribution in [-0.4, -0.2) is 25.3 Å². The fraction of sp³-hybridized carbons (Fsp3) is 0.929. The molecule has 3 nitrogen and oxygen atoms in total. The Morgan fingerprint density at radius 1 is 1.00 bits per heavy atom. The highest BCUT2D eigenvalue weighted by molar-refractivity contribution is 5.37. The van der Waals surface area contributed by atoms with Crippen molar-refractivity contribution in [2.45, 2.75) is 76.9 Å². The molecule has 1 rings (SSSR count). The second-order valence-corrected chi connectivity index (χ2v) is 4.92. The van der Waals surface area contributed by atoms with Gasteiger partial charge in [-0.1, -0.05) is 32.6 Å². The third-order valence-corrected chi connectivity index (χ3v) is 3.47. The first-order valence-electron chi connectivity index (χ1n) is 7.07. The smallest absolute Gasteiger partial charge is 0.293 e. The quantitative estimate of drug-likeness (QED) is 0.459. The van der Waals surface area contributed by atoms with Gasteiger partial charge in [0.2, 0.25) is 0 Å². The SMILES string of the molecule is CCCCCCCOC1CCC(OC=O)CC1. The van der Waals surface area contributed by atoms with Crippen molar-refractivity contribution in [2.75, 3.05) is 6.61 Å². The fourth-order valence-electron chi connectivity index (χ4n) is 2.37. The molecule has 0 spiro atoms. The molecule has 0 N–H and O–H groups in total. The van der Waals surface area contributed by atoms with E-state index in [9.17, 15) is 4.79 Å². The van der Waals surface area contributed by atoms with Gasteiger partial charge in [-0.25, -0.2) is 0 Å². The van der Waals surface area contributed by atoms with Crippen LogP contribution in [-0.2, 0) is 14.3 Å². The molecule has 0 bridgehead atoms. The van der Waals surface area contributed by atoms with E-state index in [1.807, 2.05) is 0 Å². The largest absolute Gasteiger partial charge is 0.465 e. The topological polar surface area (TPSA) is 35.5 Å². The number of hydrogen-bond acceptors (Lipinski definition) is 3. The summed E-state index contributed by atoms with van der Waals surface area (Å²) in [5.74, 6) is 0. The van der Waals surface area contributed by atoms with Crippen molar-refractivity contribution in [1.82, 2.24) is 0 Å². The minimum atomic E-state index is 0.136. The van der Waals surface area contributed by atoms with E-state index in [1.54, 1.807) is 0 Å². The Bertz CT molecular complexity index is 186. The zero-order valence-corrected chi connectivity index (χ0v) is 11.0. The lowest BCUT2D eigenvalue weighted by Crippen LogP contribution is -2.26. The van der Waals surface area contributed by atoms with Crippen LogP contribution < -0.4 is 0 Å². The molecular formula is C14H26O3. The standard InChI is InChI=1S/C14H26O3/c1-2-3-4-5-6-11-16-13-7-9-14(10-8-13)17-12-15/h12-14H,2-11H2,1H3. The maximum absolute atomic E-state index is 10.2. The molecule has 0 heterocycles. The summed E-state index contributed by atoms with van der Waals surface area (Å²) in [6.45, 7) is 3.70. The number of carbonyl (C=O) groups excluding carboxylic acids is 1. The summed E-state index contributed by atoms with van der Waals surface area (Å²) in [7, 11) is 0. The Morgan fingerprint density at radius 2 is 1.65 bits per heavy atom. The fourth-order valence-corrected chi connectivity index (χ4v) is 2.37. The minimum Gasteiger partial charge on any atom is -0.465 e. The van der Waals surface area contributed by atoms with Crippen LogP contribution in [0, 0.1) is 0 Å². The molecule has 0 atom stereocenters. The first-order chi connectivity index (χ1) is 8.36. The van der Waals surface area contributed by atoms with Gasteiger partial charge in [0.1, 0.15) is 6.10 Å². The molecule has 0 radical (unpaired) electrons. The molecule has 100 valence electrons. The van der Waals surface area contributed by atoms with Gasteiger partial charge in [0.05, 0.1) is 6.10 Å². The highest BCUT2D eigenvalue weighted by Crippen LogP contribution is 2.23. The van der Waals surface area contributed by atoms with Crippen LogP contribution >= 0.6 is 0 Å². The van der Waals surface area contributed by atoms with Gasteiger partial charge in [0.25, 0.3) is 6.47 Å². The van der Waals surface area contributed by atoms with E-state index < -0.39 is 0 Å². The van der Waals surface area contributed by atoms with Crippen molar-refractivity contribution in [3.63, 3.8) is 0 Å². The Morgan fingerprint density at radius 3 is 2.29 bits per heavy atom. The summed E-state index contributed by atoms with van der Waals surface area (Å²) in [6, 6.07) is 0. The van der Waals surface area contributed by atoms with E-state index in [0.717, 1.165) is 32.3 Å². The minimum absolute atomic E-state index is 0.136. The third kappa shape index (κ3) is 6.67. The molecule has 0 aromatic rings. The average Bonchev–Trinajstić information content (AvgIpc) is 2.36. The van der Waals surface area contributed by atoms with Crippen LogP contribution in [0.1, 0.15) is 64.7 Å². The molecule has 0 aromatic carbocycles. The highest BCUT2D eigenvalue weighted by atomic mass is 16.5. The van der Waals surface area contributed by atoms with Crippen molar-refractivity contribution >= 4 is 6.47 Å². The van der Waals surface area contributed by atoms with Gasteiger partial charge in [-0.15, -0.1) is 0 Å². The van der Waals surface area contributed by atoms with E-state index >= 15 is 0 Å². The lowest BCUT2D eigenvalue weighted by molar-refractivity contribution is -0.136. The Balaban J connectivity index is 1.93. The Kier molecular flexibility index (Phi) is 8.06. The Hall–Kier alpha value is -0.570. The molecule has 0 unspecified atom stereocenters. The number of ether oxygens (including phenoxy) is 2. The normalized spacial score (nSPS) is 24.5. The summed E-state index contributed by atoms with van der Waals surface area (Å²) in [5, 5.41) is 0. The summed E-state index contributed by atoms with van der Waals surface area (Å²) in [6.07, 6.45) is 11.0. The first-order valence-corrected chi connectivity index (χ1v) is 7.07. The molecule has 1 saturated carbocycles. The van der Waals surface area contributed by atoms with Crippen LogP contribution in [0.25, 0.3) is 0 Å². The second kappa shape index (κ2) is 9.46. The van der Waals surface area contributed by atoms with Crippen LogP contribution in [0.2, 0.25) is 0 Å². The summed E-state index contributed by atoms with van der Waals surface area (Å²) < 4.78 is 10.8. The van der Waals surface area contributed by atoms with E-state index in [0.29, 0.717) is 12.6 Å². The van der Waals surface area contributed by atoms with Gasteiger partial charge in [-0.05, 0) is 32.1 Å². The second-order valence-electron chi connectivity index (χ2n) is 4.92. The lowest BCUT2D eigenvalue weighted by Gasteiger charge is -2.27. The van der Waals surface area contributed by atoms with Gasteiger partial charge < -0.3 is 9.47 Å². The molecule has 0 amide bonds. The average molecular weight is 242 g/mol. The monoisotopic (exact) mass is 242 g/mol. The van der Waals surface area contributed by atoms with Crippen LogP contribution in [0.3, 0.4) is 0 Å². The number of rotatable bonds is 9. The van der Waals surface area contributed by atoms with E-state index in [2.05, 4.69) is 6.92 Å². The number of unbranched alkanes of at least 4 members (excludes halogenated alkanes) is 4.